The number of thioether (sulfide) groups is 1. The van der Waals surface area contributed by atoms with Gasteiger partial charge in [-0.3, -0.25) is 4.57 Å². The Morgan fingerprint density at radius 1 is 1.25 bits per heavy atom. The smallest absolute Gasteiger partial charge is 0.138 e. The molecule has 0 spiro atoms. The summed E-state index contributed by atoms with van der Waals surface area (Å²) in [5.74, 6) is 5.30. The van der Waals surface area contributed by atoms with Gasteiger partial charge in [-0.25, -0.2) is 0 Å². The van der Waals surface area contributed by atoms with Crippen molar-refractivity contribution >= 4 is 11.8 Å². The van der Waals surface area contributed by atoms with Crippen molar-refractivity contribution in [2.24, 2.45) is 5.73 Å². The zero-order chi connectivity index (χ0) is 11.0. The number of aromatic nitrogens is 3. The highest BCUT2D eigenvalue weighted by Gasteiger charge is 2.27. The van der Waals surface area contributed by atoms with Crippen LogP contribution in [0.4, 0.5) is 0 Å². The van der Waals surface area contributed by atoms with E-state index >= 15 is 0 Å². The van der Waals surface area contributed by atoms with Crippen molar-refractivity contribution in [3.63, 3.8) is 0 Å². The molecule has 0 saturated carbocycles. The van der Waals surface area contributed by atoms with Crippen molar-refractivity contribution < 1.29 is 0 Å². The molecule has 2 aliphatic rings. The Morgan fingerprint density at radius 3 is 3.00 bits per heavy atom. The van der Waals surface area contributed by atoms with Crippen LogP contribution in [0.3, 0.4) is 0 Å². The molecule has 2 aliphatic heterocycles. The standard InChI is InChI=1S/C11H18N4S/c12-9-4-1-5-10-13-14-11(15(9)10)8-3-2-6-16-7-8/h8-9H,1-7,12H2. The molecule has 0 aliphatic carbocycles. The molecule has 3 heterocycles. The average Bonchev–Trinajstić information content (AvgIpc) is 2.75. The summed E-state index contributed by atoms with van der Waals surface area (Å²) in [6.07, 6.45) is 5.92. The third-order valence-electron chi connectivity index (χ3n) is 3.55. The lowest BCUT2D eigenvalue weighted by molar-refractivity contribution is 0.387. The highest BCUT2D eigenvalue weighted by molar-refractivity contribution is 7.99. The molecule has 0 amide bonds. The molecule has 4 nitrogen and oxygen atoms in total. The quantitative estimate of drug-likeness (QED) is 0.809. The van der Waals surface area contributed by atoms with Crippen molar-refractivity contribution in [1.82, 2.24) is 14.8 Å². The summed E-state index contributed by atoms with van der Waals surface area (Å²) in [6, 6.07) is 0. The Balaban J connectivity index is 1.91. The van der Waals surface area contributed by atoms with Gasteiger partial charge in [0.2, 0.25) is 0 Å². The number of fused-ring (bicyclic) bond motifs is 1. The SMILES string of the molecule is NC1CCCc2nnc(C3CCCSC3)n21. The average molecular weight is 238 g/mol. The summed E-state index contributed by atoms with van der Waals surface area (Å²) in [7, 11) is 0. The molecule has 5 heteroatoms. The molecule has 0 radical (unpaired) electrons. The van der Waals surface area contributed by atoms with E-state index in [2.05, 4.69) is 14.8 Å². The Labute approximate surface area is 100.0 Å². The van der Waals surface area contributed by atoms with E-state index in [0.717, 1.165) is 30.9 Å². The first-order chi connectivity index (χ1) is 7.86. The summed E-state index contributed by atoms with van der Waals surface area (Å²) in [6.45, 7) is 0. The molecular weight excluding hydrogens is 220 g/mol. The Morgan fingerprint density at radius 2 is 2.19 bits per heavy atom. The Kier molecular flexibility index (Phi) is 2.90. The van der Waals surface area contributed by atoms with E-state index in [1.54, 1.807) is 0 Å². The van der Waals surface area contributed by atoms with E-state index in [1.807, 2.05) is 11.8 Å². The molecule has 88 valence electrons. The molecule has 1 fully saturated rings. The third-order valence-corrected chi connectivity index (χ3v) is 4.77. The van der Waals surface area contributed by atoms with Gasteiger partial charge in [-0.05, 0) is 31.4 Å². The number of nitrogens with two attached hydrogens (primary N) is 1. The van der Waals surface area contributed by atoms with E-state index in [9.17, 15) is 0 Å². The zero-order valence-electron chi connectivity index (χ0n) is 9.43. The maximum atomic E-state index is 6.17. The molecule has 1 saturated heterocycles. The maximum Gasteiger partial charge on any atom is 0.138 e. The van der Waals surface area contributed by atoms with Crippen LogP contribution in [0.1, 0.15) is 49.4 Å². The fourth-order valence-corrected chi connectivity index (χ4v) is 3.83. The number of hydrogen-bond donors (Lipinski definition) is 1. The monoisotopic (exact) mass is 238 g/mol. The fourth-order valence-electron chi connectivity index (χ4n) is 2.69. The summed E-state index contributed by atoms with van der Waals surface area (Å²) >= 11 is 2.03. The minimum atomic E-state index is 0.112. The Bertz CT molecular complexity index is 370. The number of hydrogen-bond acceptors (Lipinski definition) is 4. The lowest BCUT2D eigenvalue weighted by atomic mass is 10.0. The number of aryl methyl sites for hydroxylation is 1. The summed E-state index contributed by atoms with van der Waals surface area (Å²) < 4.78 is 2.21. The Hall–Kier alpha value is -0.550. The van der Waals surface area contributed by atoms with E-state index in [0.29, 0.717) is 5.92 Å². The van der Waals surface area contributed by atoms with Crippen LogP contribution in [-0.2, 0) is 6.42 Å². The van der Waals surface area contributed by atoms with Gasteiger partial charge < -0.3 is 5.73 Å². The van der Waals surface area contributed by atoms with Crippen LogP contribution in [0, 0.1) is 0 Å². The molecule has 16 heavy (non-hydrogen) atoms. The lowest BCUT2D eigenvalue weighted by Gasteiger charge is -2.26. The molecular formula is C11H18N4S. The summed E-state index contributed by atoms with van der Waals surface area (Å²) in [4.78, 5) is 0. The first-order valence-corrected chi connectivity index (χ1v) is 7.28. The molecule has 0 aromatic carbocycles. The van der Waals surface area contributed by atoms with Crippen molar-refractivity contribution in [3.8, 4) is 0 Å². The minimum absolute atomic E-state index is 0.112. The van der Waals surface area contributed by atoms with E-state index in [-0.39, 0.29) is 6.17 Å². The van der Waals surface area contributed by atoms with E-state index in [4.69, 9.17) is 5.73 Å². The van der Waals surface area contributed by atoms with Gasteiger partial charge in [0.05, 0.1) is 6.17 Å². The second kappa shape index (κ2) is 4.37. The second-order valence-corrected chi connectivity index (χ2v) is 5.87. The van der Waals surface area contributed by atoms with Gasteiger partial charge in [0.25, 0.3) is 0 Å². The van der Waals surface area contributed by atoms with Crippen LogP contribution < -0.4 is 5.73 Å². The number of nitrogens with zero attached hydrogens (tertiary/aromatic N) is 3. The highest BCUT2D eigenvalue weighted by atomic mass is 32.2. The van der Waals surface area contributed by atoms with Gasteiger partial charge in [-0.2, -0.15) is 11.8 Å². The topological polar surface area (TPSA) is 56.7 Å². The number of rotatable bonds is 1. The van der Waals surface area contributed by atoms with Crippen molar-refractivity contribution in [3.05, 3.63) is 11.6 Å². The summed E-state index contributed by atoms with van der Waals surface area (Å²) in [5, 5.41) is 8.70. The van der Waals surface area contributed by atoms with E-state index in [1.165, 1.54) is 24.3 Å². The summed E-state index contributed by atoms with van der Waals surface area (Å²) in [5.41, 5.74) is 6.17. The first kappa shape index (κ1) is 10.6. The van der Waals surface area contributed by atoms with Gasteiger partial charge in [-0.1, -0.05) is 0 Å². The van der Waals surface area contributed by atoms with Gasteiger partial charge in [0.1, 0.15) is 11.6 Å². The minimum Gasteiger partial charge on any atom is -0.311 e. The first-order valence-electron chi connectivity index (χ1n) is 6.13. The van der Waals surface area contributed by atoms with Crippen molar-refractivity contribution in [2.45, 2.75) is 44.2 Å². The molecule has 2 unspecified atom stereocenters. The second-order valence-electron chi connectivity index (χ2n) is 4.72. The van der Waals surface area contributed by atoms with Crippen LogP contribution in [0.15, 0.2) is 0 Å². The molecule has 1 aromatic rings. The predicted molar refractivity (Wildman–Crippen MR) is 65.5 cm³/mol. The van der Waals surface area contributed by atoms with Crippen LogP contribution >= 0.6 is 11.8 Å². The molecule has 1 aromatic heterocycles. The van der Waals surface area contributed by atoms with Crippen LogP contribution in [-0.4, -0.2) is 26.3 Å². The predicted octanol–water partition coefficient (Wildman–Crippen LogP) is 1.68. The lowest BCUT2D eigenvalue weighted by Crippen LogP contribution is -2.28. The van der Waals surface area contributed by atoms with Crippen molar-refractivity contribution in [1.29, 1.82) is 0 Å². The molecule has 0 bridgehead atoms. The molecule has 2 atom stereocenters. The van der Waals surface area contributed by atoms with Gasteiger partial charge >= 0.3 is 0 Å². The van der Waals surface area contributed by atoms with Crippen molar-refractivity contribution in [2.75, 3.05) is 11.5 Å². The molecule has 2 N–H and O–H groups in total. The zero-order valence-corrected chi connectivity index (χ0v) is 10.2. The maximum absolute atomic E-state index is 6.17. The largest absolute Gasteiger partial charge is 0.311 e. The van der Waals surface area contributed by atoms with Gasteiger partial charge in [-0.15, -0.1) is 10.2 Å². The van der Waals surface area contributed by atoms with Crippen LogP contribution in [0.2, 0.25) is 0 Å². The van der Waals surface area contributed by atoms with Crippen LogP contribution in [0.5, 0.6) is 0 Å². The third kappa shape index (κ3) is 1.76. The molecule has 3 rings (SSSR count). The van der Waals surface area contributed by atoms with Gasteiger partial charge in [0.15, 0.2) is 0 Å². The highest BCUT2D eigenvalue weighted by Crippen LogP contribution is 2.33. The fraction of sp³-hybridized carbons (Fsp3) is 0.818. The van der Waals surface area contributed by atoms with Gasteiger partial charge in [0, 0.05) is 18.1 Å². The normalized spacial score (nSPS) is 30.1. The van der Waals surface area contributed by atoms with E-state index < -0.39 is 0 Å². The van der Waals surface area contributed by atoms with Crippen LogP contribution in [0.25, 0.3) is 0 Å².